The zero-order valence-electron chi connectivity index (χ0n) is 11.9. The first-order chi connectivity index (χ1) is 9.49. The Morgan fingerprint density at radius 1 is 1.15 bits per heavy atom. The third kappa shape index (κ3) is 4.23. The van der Waals surface area contributed by atoms with Gasteiger partial charge in [-0.2, -0.15) is 13.2 Å². The molecule has 1 atom stereocenters. The van der Waals surface area contributed by atoms with Gasteiger partial charge < -0.3 is 5.32 Å². The van der Waals surface area contributed by atoms with E-state index in [1.807, 2.05) is 13.0 Å². The normalized spacial score (nSPS) is 16.8. The highest BCUT2D eigenvalue weighted by atomic mass is 19.4. The van der Waals surface area contributed by atoms with E-state index in [-0.39, 0.29) is 12.5 Å². The molecule has 112 valence electrons. The minimum atomic E-state index is -4.08. The fraction of sp³-hybridized carbons (Fsp3) is 0.625. The number of hydrogen-bond donors (Lipinski definition) is 1. The summed E-state index contributed by atoms with van der Waals surface area (Å²) in [7, 11) is 0. The Bertz CT molecular complexity index is 440. The fourth-order valence-electron chi connectivity index (χ4n) is 2.91. The molecule has 0 bridgehead atoms. The average molecular weight is 285 g/mol. The van der Waals surface area contributed by atoms with Crippen molar-refractivity contribution in [2.24, 2.45) is 0 Å². The quantitative estimate of drug-likeness (QED) is 0.836. The summed E-state index contributed by atoms with van der Waals surface area (Å²) in [5, 5.41) is 3.18. The van der Waals surface area contributed by atoms with E-state index in [2.05, 4.69) is 17.4 Å². The molecule has 2 rings (SSSR count). The number of fused-ring (bicyclic) bond motifs is 1. The molecule has 0 saturated carbocycles. The SMILES string of the molecule is CCNC(CCC(F)(F)F)c1ccc2c(c1)CCCC2. The maximum atomic E-state index is 12.4. The van der Waals surface area contributed by atoms with E-state index in [9.17, 15) is 13.2 Å². The summed E-state index contributed by atoms with van der Waals surface area (Å²) >= 11 is 0. The first-order valence-electron chi connectivity index (χ1n) is 7.41. The Morgan fingerprint density at radius 2 is 1.85 bits per heavy atom. The van der Waals surface area contributed by atoms with Gasteiger partial charge in [0, 0.05) is 12.5 Å². The molecule has 1 aliphatic carbocycles. The Balaban J connectivity index is 2.12. The lowest BCUT2D eigenvalue weighted by molar-refractivity contribution is -0.136. The van der Waals surface area contributed by atoms with Crippen molar-refractivity contribution in [1.82, 2.24) is 5.32 Å². The van der Waals surface area contributed by atoms with Crippen molar-refractivity contribution < 1.29 is 13.2 Å². The summed E-state index contributed by atoms with van der Waals surface area (Å²) in [4.78, 5) is 0. The van der Waals surface area contributed by atoms with Crippen molar-refractivity contribution in [3.05, 3.63) is 34.9 Å². The highest BCUT2D eigenvalue weighted by molar-refractivity contribution is 5.35. The molecule has 1 aliphatic rings. The number of hydrogen-bond acceptors (Lipinski definition) is 1. The van der Waals surface area contributed by atoms with Gasteiger partial charge in [0.25, 0.3) is 0 Å². The van der Waals surface area contributed by atoms with Crippen LogP contribution < -0.4 is 5.32 Å². The predicted octanol–water partition coefficient (Wildman–Crippen LogP) is 4.56. The number of alkyl halides is 3. The maximum absolute atomic E-state index is 12.4. The largest absolute Gasteiger partial charge is 0.389 e. The van der Waals surface area contributed by atoms with Crippen LogP contribution in [0.4, 0.5) is 13.2 Å². The van der Waals surface area contributed by atoms with Crippen LogP contribution in [0.25, 0.3) is 0 Å². The van der Waals surface area contributed by atoms with Crippen LogP contribution in [0.5, 0.6) is 0 Å². The molecule has 0 amide bonds. The van der Waals surface area contributed by atoms with Crippen molar-refractivity contribution in [2.45, 2.75) is 57.7 Å². The summed E-state index contributed by atoms with van der Waals surface area (Å²) < 4.78 is 37.3. The second-order valence-electron chi connectivity index (χ2n) is 5.50. The third-order valence-electron chi connectivity index (χ3n) is 3.94. The highest BCUT2D eigenvalue weighted by Gasteiger charge is 2.28. The lowest BCUT2D eigenvalue weighted by Gasteiger charge is -2.22. The van der Waals surface area contributed by atoms with Gasteiger partial charge in [-0.05, 0) is 55.3 Å². The van der Waals surface area contributed by atoms with Gasteiger partial charge in [0.2, 0.25) is 0 Å². The number of halogens is 3. The van der Waals surface area contributed by atoms with E-state index in [0.717, 1.165) is 18.4 Å². The number of benzene rings is 1. The zero-order chi connectivity index (χ0) is 14.6. The van der Waals surface area contributed by atoms with E-state index in [0.29, 0.717) is 6.54 Å². The molecule has 0 aliphatic heterocycles. The van der Waals surface area contributed by atoms with Crippen LogP contribution >= 0.6 is 0 Å². The third-order valence-corrected chi connectivity index (χ3v) is 3.94. The standard InChI is InChI=1S/C16H22F3N/c1-2-20-15(9-10-16(17,18)19)14-8-7-12-5-3-4-6-13(12)11-14/h7-8,11,15,20H,2-6,9-10H2,1H3. The average Bonchev–Trinajstić information content (AvgIpc) is 2.42. The Kier molecular flexibility index (Phi) is 5.08. The minimum Gasteiger partial charge on any atom is -0.310 e. The van der Waals surface area contributed by atoms with Gasteiger partial charge in [0.15, 0.2) is 0 Å². The molecule has 20 heavy (non-hydrogen) atoms. The van der Waals surface area contributed by atoms with Crippen LogP contribution in [0, 0.1) is 0 Å². The molecular formula is C16H22F3N. The van der Waals surface area contributed by atoms with Gasteiger partial charge in [-0.3, -0.25) is 0 Å². The van der Waals surface area contributed by atoms with Gasteiger partial charge >= 0.3 is 6.18 Å². The molecule has 0 saturated heterocycles. The molecule has 1 aromatic carbocycles. The highest BCUT2D eigenvalue weighted by Crippen LogP contribution is 2.30. The van der Waals surface area contributed by atoms with Crippen LogP contribution in [-0.4, -0.2) is 12.7 Å². The van der Waals surface area contributed by atoms with Crippen LogP contribution in [0.2, 0.25) is 0 Å². The number of rotatable bonds is 5. The van der Waals surface area contributed by atoms with Crippen molar-refractivity contribution in [3.63, 3.8) is 0 Å². The molecule has 0 spiro atoms. The topological polar surface area (TPSA) is 12.0 Å². The van der Waals surface area contributed by atoms with E-state index in [1.54, 1.807) is 0 Å². The Hall–Kier alpha value is -1.03. The van der Waals surface area contributed by atoms with Crippen LogP contribution in [0.15, 0.2) is 18.2 Å². The first kappa shape index (κ1) is 15.4. The second-order valence-corrected chi connectivity index (χ2v) is 5.50. The van der Waals surface area contributed by atoms with Gasteiger partial charge in [0.05, 0.1) is 0 Å². The molecule has 0 aromatic heterocycles. The van der Waals surface area contributed by atoms with E-state index >= 15 is 0 Å². The van der Waals surface area contributed by atoms with E-state index in [1.165, 1.54) is 24.0 Å². The molecular weight excluding hydrogens is 263 g/mol. The summed E-state index contributed by atoms with van der Waals surface area (Å²) in [6, 6.07) is 6.00. The smallest absolute Gasteiger partial charge is 0.310 e. The fourth-order valence-corrected chi connectivity index (χ4v) is 2.91. The van der Waals surface area contributed by atoms with E-state index in [4.69, 9.17) is 0 Å². The molecule has 0 heterocycles. The summed E-state index contributed by atoms with van der Waals surface area (Å²) in [6.07, 6.45) is -0.146. The monoisotopic (exact) mass is 285 g/mol. The zero-order valence-corrected chi connectivity index (χ0v) is 11.9. The molecule has 1 N–H and O–H groups in total. The molecule has 0 fully saturated rings. The Labute approximate surface area is 118 Å². The first-order valence-corrected chi connectivity index (χ1v) is 7.41. The van der Waals surface area contributed by atoms with Crippen molar-refractivity contribution in [1.29, 1.82) is 0 Å². The maximum Gasteiger partial charge on any atom is 0.389 e. The van der Waals surface area contributed by atoms with E-state index < -0.39 is 12.6 Å². The number of aryl methyl sites for hydroxylation is 2. The van der Waals surface area contributed by atoms with Gasteiger partial charge in [-0.15, -0.1) is 0 Å². The summed E-state index contributed by atoms with van der Waals surface area (Å²) in [6.45, 7) is 2.61. The van der Waals surface area contributed by atoms with Crippen LogP contribution in [0.1, 0.15) is 55.3 Å². The van der Waals surface area contributed by atoms with Crippen molar-refractivity contribution in [3.8, 4) is 0 Å². The molecule has 1 nitrogen and oxygen atoms in total. The summed E-state index contributed by atoms with van der Waals surface area (Å²) in [5.74, 6) is 0. The molecule has 1 unspecified atom stereocenters. The summed E-state index contributed by atoms with van der Waals surface area (Å²) in [5.41, 5.74) is 3.69. The minimum absolute atomic E-state index is 0.107. The van der Waals surface area contributed by atoms with Gasteiger partial charge in [-0.1, -0.05) is 25.1 Å². The lowest BCUT2D eigenvalue weighted by atomic mass is 9.88. The van der Waals surface area contributed by atoms with Crippen molar-refractivity contribution >= 4 is 0 Å². The van der Waals surface area contributed by atoms with Gasteiger partial charge in [-0.25, -0.2) is 0 Å². The number of nitrogens with one attached hydrogen (secondary N) is 1. The van der Waals surface area contributed by atoms with Crippen LogP contribution in [-0.2, 0) is 12.8 Å². The van der Waals surface area contributed by atoms with Crippen molar-refractivity contribution in [2.75, 3.05) is 6.54 Å². The van der Waals surface area contributed by atoms with Gasteiger partial charge in [0.1, 0.15) is 0 Å². The molecule has 0 radical (unpaired) electrons. The Morgan fingerprint density at radius 3 is 2.50 bits per heavy atom. The lowest BCUT2D eigenvalue weighted by Crippen LogP contribution is -2.23. The molecule has 4 heteroatoms. The van der Waals surface area contributed by atoms with Crippen LogP contribution in [0.3, 0.4) is 0 Å². The molecule has 1 aromatic rings. The second kappa shape index (κ2) is 6.61. The predicted molar refractivity (Wildman–Crippen MR) is 74.8 cm³/mol.